The molecule has 0 atom stereocenters. The van der Waals surface area contributed by atoms with Gasteiger partial charge in [-0.25, -0.2) is 0 Å². The van der Waals surface area contributed by atoms with Crippen molar-refractivity contribution in [3.05, 3.63) is 0 Å². The first kappa shape index (κ1) is 7.07. The van der Waals surface area contributed by atoms with Crippen molar-refractivity contribution in [3.63, 3.8) is 0 Å². The third kappa shape index (κ3) is 0.877. The first-order valence-electron chi connectivity index (χ1n) is 3.60. The van der Waals surface area contributed by atoms with Gasteiger partial charge in [-0.05, 0) is 41.2 Å². The molecule has 0 amide bonds. The van der Waals surface area contributed by atoms with E-state index in [1.54, 1.807) is 0 Å². The quantitative estimate of drug-likeness (QED) is 0.480. The van der Waals surface area contributed by atoms with Crippen molar-refractivity contribution in [2.24, 2.45) is 0 Å². The van der Waals surface area contributed by atoms with E-state index in [1.165, 1.54) is 6.42 Å². The Labute approximate surface area is 58.0 Å². The molecule has 1 fully saturated rings. The Kier molecular flexibility index (Phi) is 1.19. The van der Waals surface area contributed by atoms with Gasteiger partial charge in [0, 0.05) is 11.1 Å². The van der Waals surface area contributed by atoms with Crippen molar-refractivity contribution in [2.45, 2.75) is 45.2 Å². The molecule has 0 aromatic rings. The maximum absolute atomic E-state index is 2.43. The van der Waals surface area contributed by atoms with Gasteiger partial charge in [0.2, 0.25) is 0 Å². The van der Waals surface area contributed by atoms with Crippen LogP contribution in [0.25, 0.3) is 0 Å². The number of hydrogen-bond donors (Lipinski definition) is 0. The van der Waals surface area contributed by atoms with Gasteiger partial charge in [-0.1, -0.05) is 0 Å². The van der Waals surface area contributed by atoms with Crippen LogP contribution in [0.2, 0.25) is 0 Å². The molecule has 0 aromatic heterocycles. The van der Waals surface area contributed by atoms with Crippen LogP contribution < -0.4 is 0 Å². The van der Waals surface area contributed by atoms with Crippen LogP contribution in [-0.4, -0.2) is 23.0 Å². The third-order valence-corrected chi connectivity index (χ3v) is 2.68. The van der Waals surface area contributed by atoms with E-state index in [4.69, 9.17) is 0 Å². The molecule has 1 rings (SSSR count). The van der Waals surface area contributed by atoms with Crippen LogP contribution in [-0.2, 0) is 0 Å². The molecule has 1 aliphatic rings. The van der Waals surface area contributed by atoms with Gasteiger partial charge < -0.3 is 0 Å². The predicted molar refractivity (Wildman–Crippen MR) is 40.5 cm³/mol. The standard InChI is InChI=1S/C8H17N/c1-7(2)6-8(3,4)9(7)5/h6H2,1-5H3. The summed E-state index contributed by atoms with van der Waals surface area (Å²) in [7, 11) is 2.20. The Bertz CT molecular complexity index is 111. The molecule has 1 heterocycles. The lowest BCUT2D eigenvalue weighted by Crippen LogP contribution is -2.66. The summed E-state index contributed by atoms with van der Waals surface area (Å²) in [5.74, 6) is 0. The minimum Gasteiger partial charge on any atom is -0.296 e. The molecular weight excluding hydrogens is 110 g/mol. The molecule has 9 heavy (non-hydrogen) atoms. The summed E-state index contributed by atoms with van der Waals surface area (Å²) in [6.07, 6.45) is 1.32. The SMILES string of the molecule is CN1C(C)(C)CC1(C)C. The maximum Gasteiger partial charge on any atom is 0.0172 e. The average molecular weight is 127 g/mol. The first-order chi connectivity index (χ1) is 3.86. The van der Waals surface area contributed by atoms with Crippen LogP contribution >= 0.6 is 0 Å². The average Bonchev–Trinajstić information content (AvgIpc) is 1.63. The predicted octanol–water partition coefficient (Wildman–Crippen LogP) is 1.88. The summed E-state index contributed by atoms with van der Waals surface area (Å²) in [5, 5.41) is 0. The number of hydrogen-bond acceptors (Lipinski definition) is 1. The van der Waals surface area contributed by atoms with E-state index < -0.39 is 0 Å². The van der Waals surface area contributed by atoms with Crippen LogP contribution in [0.3, 0.4) is 0 Å². The van der Waals surface area contributed by atoms with Gasteiger partial charge >= 0.3 is 0 Å². The normalized spacial score (nSPS) is 31.7. The van der Waals surface area contributed by atoms with Crippen LogP contribution in [0.5, 0.6) is 0 Å². The van der Waals surface area contributed by atoms with E-state index in [-0.39, 0.29) is 0 Å². The van der Waals surface area contributed by atoms with E-state index in [2.05, 4.69) is 39.6 Å². The van der Waals surface area contributed by atoms with Crippen molar-refractivity contribution in [3.8, 4) is 0 Å². The Hall–Kier alpha value is -0.0400. The lowest BCUT2D eigenvalue weighted by Gasteiger charge is -2.59. The maximum atomic E-state index is 2.43. The van der Waals surface area contributed by atoms with Crippen molar-refractivity contribution >= 4 is 0 Å². The second kappa shape index (κ2) is 1.51. The minimum absolute atomic E-state index is 0.448. The van der Waals surface area contributed by atoms with Gasteiger partial charge in [0.25, 0.3) is 0 Å². The molecule has 0 N–H and O–H groups in total. The molecule has 0 aromatic carbocycles. The highest BCUT2D eigenvalue weighted by atomic mass is 15.3. The summed E-state index contributed by atoms with van der Waals surface area (Å²) < 4.78 is 0. The topological polar surface area (TPSA) is 3.24 Å². The fourth-order valence-corrected chi connectivity index (χ4v) is 2.02. The van der Waals surface area contributed by atoms with E-state index in [0.29, 0.717) is 11.1 Å². The molecule has 0 radical (unpaired) electrons. The summed E-state index contributed by atoms with van der Waals surface area (Å²) >= 11 is 0. The first-order valence-corrected chi connectivity index (χ1v) is 3.60. The van der Waals surface area contributed by atoms with E-state index in [1.807, 2.05) is 0 Å². The second-order valence-electron chi connectivity index (χ2n) is 4.36. The summed E-state index contributed by atoms with van der Waals surface area (Å²) in [6.45, 7) is 9.16. The van der Waals surface area contributed by atoms with Crippen molar-refractivity contribution in [1.82, 2.24) is 4.90 Å². The molecular formula is C8H17N. The van der Waals surface area contributed by atoms with Crippen molar-refractivity contribution in [1.29, 1.82) is 0 Å². The molecule has 1 aliphatic heterocycles. The zero-order chi connectivity index (χ0) is 7.28. The Morgan fingerprint density at radius 2 is 1.33 bits per heavy atom. The molecule has 0 aliphatic carbocycles. The Balaban J connectivity index is 2.62. The lowest BCUT2D eigenvalue weighted by atomic mass is 9.73. The van der Waals surface area contributed by atoms with Crippen molar-refractivity contribution in [2.75, 3.05) is 7.05 Å². The van der Waals surface area contributed by atoms with Gasteiger partial charge in [0.05, 0.1) is 0 Å². The van der Waals surface area contributed by atoms with Gasteiger partial charge in [-0.3, -0.25) is 4.90 Å². The van der Waals surface area contributed by atoms with Gasteiger partial charge in [0.1, 0.15) is 0 Å². The highest BCUT2D eigenvalue weighted by Gasteiger charge is 2.47. The molecule has 54 valence electrons. The number of rotatable bonds is 0. The van der Waals surface area contributed by atoms with Crippen LogP contribution in [0, 0.1) is 0 Å². The highest BCUT2D eigenvalue weighted by Crippen LogP contribution is 2.42. The molecule has 0 bridgehead atoms. The zero-order valence-corrected chi connectivity index (χ0v) is 7.15. The fraction of sp³-hybridized carbons (Fsp3) is 1.00. The highest BCUT2D eigenvalue weighted by molar-refractivity contribution is 5.04. The van der Waals surface area contributed by atoms with E-state index in [0.717, 1.165) is 0 Å². The largest absolute Gasteiger partial charge is 0.296 e. The van der Waals surface area contributed by atoms with Crippen LogP contribution in [0.15, 0.2) is 0 Å². The van der Waals surface area contributed by atoms with Crippen LogP contribution in [0.1, 0.15) is 34.1 Å². The number of nitrogens with zero attached hydrogens (tertiary/aromatic N) is 1. The number of likely N-dealkylation sites (tertiary alicyclic amines) is 1. The summed E-state index contributed by atoms with van der Waals surface area (Å²) in [5.41, 5.74) is 0.896. The molecule has 0 saturated carbocycles. The third-order valence-electron chi connectivity index (χ3n) is 2.68. The van der Waals surface area contributed by atoms with Gasteiger partial charge in [0.15, 0.2) is 0 Å². The monoisotopic (exact) mass is 127 g/mol. The fourth-order valence-electron chi connectivity index (χ4n) is 2.02. The molecule has 0 unspecified atom stereocenters. The molecule has 1 heteroatoms. The van der Waals surface area contributed by atoms with E-state index in [9.17, 15) is 0 Å². The molecule has 1 nitrogen and oxygen atoms in total. The smallest absolute Gasteiger partial charge is 0.0172 e. The van der Waals surface area contributed by atoms with Gasteiger partial charge in [-0.2, -0.15) is 0 Å². The van der Waals surface area contributed by atoms with Crippen molar-refractivity contribution < 1.29 is 0 Å². The Morgan fingerprint density at radius 3 is 1.33 bits per heavy atom. The minimum atomic E-state index is 0.448. The van der Waals surface area contributed by atoms with Gasteiger partial charge in [-0.15, -0.1) is 0 Å². The summed E-state index contributed by atoms with van der Waals surface area (Å²) in [4.78, 5) is 2.43. The van der Waals surface area contributed by atoms with Crippen LogP contribution in [0.4, 0.5) is 0 Å². The second-order valence-corrected chi connectivity index (χ2v) is 4.36. The Morgan fingerprint density at radius 1 is 1.00 bits per heavy atom. The summed E-state index contributed by atoms with van der Waals surface area (Å²) in [6, 6.07) is 0. The molecule has 1 saturated heterocycles. The van der Waals surface area contributed by atoms with E-state index >= 15 is 0 Å². The lowest BCUT2D eigenvalue weighted by molar-refractivity contribution is -0.0841. The molecule has 0 spiro atoms. The zero-order valence-electron chi connectivity index (χ0n) is 7.15.